The molecule has 2 unspecified atom stereocenters. The number of benzene rings is 1. The Bertz CT molecular complexity index is 670. The van der Waals surface area contributed by atoms with Crippen LogP contribution in [-0.4, -0.2) is 26.4 Å². The number of hydrogen-bond acceptors (Lipinski definition) is 3. The molecule has 0 spiro atoms. The van der Waals surface area contributed by atoms with Gasteiger partial charge in [-0.05, 0) is 30.5 Å². The normalized spacial score (nSPS) is 21.3. The number of aromatic nitrogens is 2. The summed E-state index contributed by atoms with van der Waals surface area (Å²) in [7, 11) is 0. The fourth-order valence-electron chi connectivity index (χ4n) is 2.58. The fourth-order valence-corrected chi connectivity index (χ4v) is 3.37. The Morgan fingerprint density at radius 3 is 3.05 bits per heavy atom. The quantitative estimate of drug-likeness (QED) is 0.859. The van der Waals surface area contributed by atoms with E-state index in [-0.39, 0.29) is 11.6 Å². The van der Waals surface area contributed by atoms with Gasteiger partial charge in [0.05, 0.1) is 16.8 Å². The lowest BCUT2D eigenvalue weighted by Crippen LogP contribution is -2.03. The van der Waals surface area contributed by atoms with Crippen molar-refractivity contribution in [1.29, 1.82) is 0 Å². The maximum atomic E-state index is 13.5. The third-order valence-electron chi connectivity index (χ3n) is 3.69. The molecule has 1 fully saturated rings. The number of halogens is 1. The van der Waals surface area contributed by atoms with Crippen LogP contribution in [0.25, 0.3) is 11.0 Å². The molecule has 0 amide bonds. The number of aliphatic carboxylic acids is 1. The Kier molecular flexibility index (Phi) is 3.41. The van der Waals surface area contributed by atoms with Crippen LogP contribution in [0.4, 0.5) is 4.39 Å². The molecule has 1 aliphatic carbocycles. The summed E-state index contributed by atoms with van der Waals surface area (Å²) in [5.41, 5.74) is 1.49. The number of fused-ring (bicyclic) bond motifs is 1. The highest BCUT2D eigenvalue weighted by Crippen LogP contribution is 2.48. The molecule has 1 N–H and O–H groups in total. The second kappa shape index (κ2) is 5.09. The highest BCUT2D eigenvalue weighted by atomic mass is 32.2. The lowest BCUT2D eigenvalue weighted by molar-refractivity contribution is -0.133. The number of rotatable bonds is 5. The first-order chi connectivity index (χ1) is 9.60. The molecule has 0 saturated heterocycles. The van der Waals surface area contributed by atoms with Gasteiger partial charge in [-0.25, -0.2) is 9.37 Å². The monoisotopic (exact) mass is 294 g/mol. The van der Waals surface area contributed by atoms with Gasteiger partial charge in [0.2, 0.25) is 0 Å². The van der Waals surface area contributed by atoms with E-state index in [2.05, 4.69) is 11.9 Å². The summed E-state index contributed by atoms with van der Waals surface area (Å²) in [5, 5.41) is 9.49. The van der Waals surface area contributed by atoms with E-state index in [1.807, 2.05) is 4.57 Å². The van der Waals surface area contributed by atoms with E-state index in [0.717, 1.165) is 23.9 Å². The SMILES string of the molecule is CCC1CC1n1c(SCC(=O)O)nc2ccc(F)cc21. The van der Waals surface area contributed by atoms with Crippen LogP contribution in [0.2, 0.25) is 0 Å². The van der Waals surface area contributed by atoms with Gasteiger partial charge in [-0.1, -0.05) is 25.1 Å². The minimum absolute atomic E-state index is 0.0324. The highest BCUT2D eigenvalue weighted by Gasteiger charge is 2.39. The average Bonchev–Trinajstić information content (AvgIpc) is 3.10. The average molecular weight is 294 g/mol. The van der Waals surface area contributed by atoms with Crippen LogP contribution in [0.1, 0.15) is 25.8 Å². The van der Waals surface area contributed by atoms with Gasteiger partial charge in [0.1, 0.15) is 5.82 Å². The summed E-state index contributed by atoms with van der Waals surface area (Å²) >= 11 is 1.20. The predicted octanol–water partition coefficient (Wildman–Crippen LogP) is 3.32. The third kappa shape index (κ3) is 2.40. The van der Waals surface area contributed by atoms with Crippen molar-refractivity contribution in [2.75, 3.05) is 5.75 Å². The topological polar surface area (TPSA) is 55.1 Å². The van der Waals surface area contributed by atoms with Gasteiger partial charge in [0, 0.05) is 6.04 Å². The predicted molar refractivity (Wildman–Crippen MR) is 75.5 cm³/mol. The first-order valence-electron chi connectivity index (χ1n) is 6.62. The van der Waals surface area contributed by atoms with Crippen molar-refractivity contribution in [2.24, 2.45) is 5.92 Å². The maximum Gasteiger partial charge on any atom is 0.313 e. The van der Waals surface area contributed by atoms with Gasteiger partial charge in [-0.3, -0.25) is 4.79 Å². The van der Waals surface area contributed by atoms with Gasteiger partial charge in [-0.15, -0.1) is 0 Å². The fraction of sp³-hybridized carbons (Fsp3) is 0.429. The Balaban J connectivity index is 2.03. The van der Waals surface area contributed by atoms with Gasteiger partial charge in [0.25, 0.3) is 0 Å². The van der Waals surface area contributed by atoms with Crippen LogP contribution < -0.4 is 0 Å². The number of hydrogen-bond donors (Lipinski definition) is 1. The van der Waals surface area contributed by atoms with E-state index >= 15 is 0 Å². The molecule has 0 aliphatic heterocycles. The van der Waals surface area contributed by atoms with Gasteiger partial charge in [0.15, 0.2) is 5.16 Å². The summed E-state index contributed by atoms with van der Waals surface area (Å²) in [6, 6.07) is 4.84. The summed E-state index contributed by atoms with van der Waals surface area (Å²) < 4.78 is 15.5. The molecule has 1 heterocycles. The van der Waals surface area contributed by atoms with Crippen molar-refractivity contribution >= 4 is 28.8 Å². The van der Waals surface area contributed by atoms with Crippen LogP contribution in [0.15, 0.2) is 23.4 Å². The molecule has 1 aromatic heterocycles. The van der Waals surface area contributed by atoms with Crippen LogP contribution in [0.3, 0.4) is 0 Å². The number of carboxylic acids is 1. The molecule has 20 heavy (non-hydrogen) atoms. The van der Waals surface area contributed by atoms with E-state index in [4.69, 9.17) is 5.11 Å². The van der Waals surface area contributed by atoms with Crippen molar-refractivity contribution in [3.05, 3.63) is 24.0 Å². The number of imidazole rings is 1. The molecule has 1 aromatic carbocycles. The smallest absolute Gasteiger partial charge is 0.313 e. The zero-order chi connectivity index (χ0) is 14.3. The van der Waals surface area contributed by atoms with E-state index in [0.29, 0.717) is 17.1 Å². The Morgan fingerprint density at radius 2 is 2.40 bits per heavy atom. The summed E-state index contributed by atoms with van der Waals surface area (Å²) in [5.74, 6) is -0.611. The molecule has 4 nitrogen and oxygen atoms in total. The zero-order valence-electron chi connectivity index (χ0n) is 11.0. The maximum absolute atomic E-state index is 13.5. The van der Waals surface area contributed by atoms with Crippen LogP contribution in [0, 0.1) is 11.7 Å². The molecule has 0 radical (unpaired) electrons. The van der Waals surface area contributed by atoms with E-state index < -0.39 is 5.97 Å². The van der Waals surface area contributed by atoms with E-state index in [1.165, 1.54) is 23.9 Å². The minimum atomic E-state index is -0.873. The van der Waals surface area contributed by atoms with Crippen LogP contribution in [-0.2, 0) is 4.79 Å². The molecule has 2 aromatic rings. The van der Waals surface area contributed by atoms with Crippen LogP contribution >= 0.6 is 11.8 Å². The number of carboxylic acid groups (broad SMARTS) is 1. The molecular formula is C14H15FN2O2S. The number of thioether (sulfide) groups is 1. The third-order valence-corrected chi connectivity index (χ3v) is 4.62. The highest BCUT2D eigenvalue weighted by molar-refractivity contribution is 7.99. The molecule has 6 heteroatoms. The largest absolute Gasteiger partial charge is 0.481 e. The summed E-state index contributed by atoms with van der Waals surface area (Å²) in [4.78, 5) is 15.2. The number of carbonyl (C=O) groups is 1. The van der Waals surface area contributed by atoms with Crippen molar-refractivity contribution < 1.29 is 14.3 Å². The van der Waals surface area contributed by atoms with E-state index in [9.17, 15) is 9.18 Å². The Labute approximate surface area is 120 Å². The van der Waals surface area contributed by atoms with Gasteiger partial charge >= 0.3 is 5.97 Å². The lowest BCUT2D eigenvalue weighted by Gasteiger charge is -2.07. The molecule has 2 atom stereocenters. The molecule has 1 saturated carbocycles. The number of nitrogens with zero attached hydrogens (tertiary/aromatic N) is 2. The van der Waals surface area contributed by atoms with Crippen LogP contribution in [0.5, 0.6) is 0 Å². The van der Waals surface area contributed by atoms with Crippen molar-refractivity contribution in [1.82, 2.24) is 9.55 Å². The second-order valence-corrected chi connectivity index (χ2v) is 5.99. The molecule has 106 valence electrons. The summed E-state index contributed by atoms with van der Waals surface area (Å²) in [6.45, 7) is 2.13. The molecule has 0 bridgehead atoms. The van der Waals surface area contributed by atoms with Gasteiger partial charge < -0.3 is 9.67 Å². The Morgan fingerprint density at radius 1 is 1.60 bits per heavy atom. The van der Waals surface area contributed by atoms with Crippen molar-refractivity contribution in [2.45, 2.75) is 31.0 Å². The first kappa shape index (κ1) is 13.4. The molecule has 3 rings (SSSR count). The van der Waals surface area contributed by atoms with Crippen molar-refractivity contribution in [3.8, 4) is 0 Å². The first-order valence-corrected chi connectivity index (χ1v) is 7.60. The van der Waals surface area contributed by atoms with Crippen molar-refractivity contribution in [3.63, 3.8) is 0 Å². The molecular weight excluding hydrogens is 279 g/mol. The van der Waals surface area contributed by atoms with E-state index in [1.54, 1.807) is 6.07 Å². The Hall–Kier alpha value is -1.56. The van der Waals surface area contributed by atoms with Gasteiger partial charge in [-0.2, -0.15) is 0 Å². The zero-order valence-corrected chi connectivity index (χ0v) is 11.9. The summed E-state index contributed by atoms with van der Waals surface area (Å²) in [6.07, 6.45) is 2.13. The second-order valence-electron chi connectivity index (χ2n) is 5.05. The standard InChI is InChI=1S/C14H15FN2O2S/c1-2-8-5-11(8)17-12-6-9(15)3-4-10(12)16-14(17)20-7-13(18)19/h3-4,6,8,11H,2,5,7H2,1H3,(H,18,19). The molecule has 1 aliphatic rings. The lowest BCUT2D eigenvalue weighted by atomic mass is 10.3. The minimum Gasteiger partial charge on any atom is -0.481 e.